The number of aryl methyl sites for hydroxylation is 2. The van der Waals surface area contributed by atoms with Gasteiger partial charge in [0, 0.05) is 6.54 Å². The minimum absolute atomic E-state index is 0.689. The van der Waals surface area contributed by atoms with Crippen molar-refractivity contribution in [1.82, 2.24) is 9.78 Å². The first-order valence-electron chi connectivity index (χ1n) is 6.66. The SMILES string of the molecule is CCCCCCOc1c(N)c(C)nn1CCC. The molecule has 4 nitrogen and oxygen atoms in total. The third-order valence-electron chi connectivity index (χ3n) is 2.80. The van der Waals surface area contributed by atoms with Gasteiger partial charge < -0.3 is 10.5 Å². The summed E-state index contributed by atoms with van der Waals surface area (Å²) >= 11 is 0. The van der Waals surface area contributed by atoms with Gasteiger partial charge in [-0.05, 0) is 19.8 Å². The summed E-state index contributed by atoms with van der Waals surface area (Å²) in [6, 6.07) is 0. The average molecular weight is 239 g/mol. The summed E-state index contributed by atoms with van der Waals surface area (Å²) in [5, 5.41) is 4.38. The van der Waals surface area contributed by atoms with Crippen molar-refractivity contribution in [1.29, 1.82) is 0 Å². The van der Waals surface area contributed by atoms with Gasteiger partial charge in [-0.15, -0.1) is 0 Å². The molecule has 0 fully saturated rings. The quantitative estimate of drug-likeness (QED) is 0.709. The summed E-state index contributed by atoms with van der Waals surface area (Å²) in [5.41, 5.74) is 7.52. The van der Waals surface area contributed by atoms with Crippen LogP contribution in [0.25, 0.3) is 0 Å². The first-order chi connectivity index (χ1) is 8.20. The first kappa shape index (κ1) is 13.9. The Morgan fingerprint density at radius 2 is 1.94 bits per heavy atom. The molecular weight excluding hydrogens is 214 g/mol. The van der Waals surface area contributed by atoms with E-state index in [-0.39, 0.29) is 0 Å². The summed E-state index contributed by atoms with van der Waals surface area (Å²) in [7, 11) is 0. The van der Waals surface area contributed by atoms with Gasteiger partial charge >= 0.3 is 0 Å². The van der Waals surface area contributed by atoms with Gasteiger partial charge in [0.15, 0.2) is 0 Å². The van der Waals surface area contributed by atoms with Gasteiger partial charge in [0.25, 0.3) is 0 Å². The zero-order valence-electron chi connectivity index (χ0n) is 11.3. The van der Waals surface area contributed by atoms with Crippen molar-refractivity contribution in [2.24, 2.45) is 0 Å². The Morgan fingerprint density at radius 3 is 2.59 bits per heavy atom. The fourth-order valence-electron chi connectivity index (χ4n) is 1.79. The van der Waals surface area contributed by atoms with Crippen molar-refractivity contribution >= 4 is 5.69 Å². The van der Waals surface area contributed by atoms with Crippen LogP contribution in [0, 0.1) is 6.92 Å². The Kier molecular flexibility index (Phi) is 5.87. The molecule has 0 bridgehead atoms. The average Bonchev–Trinajstić information content (AvgIpc) is 2.57. The highest BCUT2D eigenvalue weighted by molar-refractivity contribution is 5.52. The number of unbranched alkanes of at least 4 members (excludes halogenated alkanes) is 3. The molecule has 0 aliphatic heterocycles. The Labute approximate surface area is 104 Å². The van der Waals surface area contributed by atoms with Gasteiger partial charge in [0.05, 0.1) is 12.3 Å². The third-order valence-corrected chi connectivity index (χ3v) is 2.80. The number of nitrogens with zero attached hydrogens (tertiary/aromatic N) is 2. The lowest BCUT2D eigenvalue weighted by Gasteiger charge is -2.09. The predicted octanol–water partition coefficient (Wildman–Crippen LogP) is 3.14. The summed E-state index contributed by atoms with van der Waals surface area (Å²) in [6.45, 7) is 7.85. The second-order valence-electron chi connectivity index (χ2n) is 4.44. The highest BCUT2D eigenvalue weighted by Crippen LogP contribution is 2.25. The molecule has 4 heteroatoms. The maximum Gasteiger partial charge on any atom is 0.236 e. The van der Waals surface area contributed by atoms with E-state index in [1.165, 1.54) is 19.3 Å². The smallest absolute Gasteiger partial charge is 0.236 e. The van der Waals surface area contributed by atoms with Crippen molar-refractivity contribution in [2.75, 3.05) is 12.3 Å². The van der Waals surface area contributed by atoms with Gasteiger partial charge in [-0.3, -0.25) is 0 Å². The van der Waals surface area contributed by atoms with Crippen LogP contribution in [0.1, 0.15) is 51.6 Å². The molecule has 17 heavy (non-hydrogen) atoms. The number of aromatic nitrogens is 2. The van der Waals surface area contributed by atoms with Crippen LogP contribution >= 0.6 is 0 Å². The molecule has 0 atom stereocenters. The maximum absolute atomic E-state index is 5.97. The second kappa shape index (κ2) is 7.20. The highest BCUT2D eigenvalue weighted by Gasteiger charge is 2.12. The molecule has 0 unspecified atom stereocenters. The Bertz CT molecular complexity index is 334. The molecule has 0 saturated heterocycles. The summed E-state index contributed by atoms with van der Waals surface area (Å²) in [6.07, 6.45) is 5.86. The molecular formula is C13H25N3O. The molecule has 1 heterocycles. The zero-order valence-corrected chi connectivity index (χ0v) is 11.3. The molecule has 0 radical (unpaired) electrons. The molecule has 98 valence electrons. The van der Waals surface area contributed by atoms with E-state index in [1.807, 2.05) is 11.6 Å². The highest BCUT2D eigenvalue weighted by atomic mass is 16.5. The van der Waals surface area contributed by atoms with E-state index in [1.54, 1.807) is 0 Å². The van der Waals surface area contributed by atoms with Crippen LogP contribution < -0.4 is 10.5 Å². The molecule has 1 rings (SSSR count). The molecule has 0 aliphatic rings. The van der Waals surface area contributed by atoms with Crippen LogP contribution in [0.3, 0.4) is 0 Å². The number of nitrogens with two attached hydrogens (primary N) is 1. The molecule has 2 N–H and O–H groups in total. The third kappa shape index (κ3) is 3.95. The lowest BCUT2D eigenvalue weighted by molar-refractivity contribution is 0.274. The summed E-state index contributed by atoms with van der Waals surface area (Å²) in [5.74, 6) is 0.751. The van der Waals surface area contributed by atoms with E-state index < -0.39 is 0 Å². The Morgan fingerprint density at radius 1 is 1.18 bits per heavy atom. The van der Waals surface area contributed by atoms with Gasteiger partial charge in [-0.25, -0.2) is 4.68 Å². The largest absolute Gasteiger partial charge is 0.476 e. The minimum Gasteiger partial charge on any atom is -0.476 e. The van der Waals surface area contributed by atoms with E-state index in [9.17, 15) is 0 Å². The number of hydrogen-bond acceptors (Lipinski definition) is 3. The van der Waals surface area contributed by atoms with Crippen molar-refractivity contribution in [3.63, 3.8) is 0 Å². The number of rotatable bonds is 8. The van der Waals surface area contributed by atoms with Gasteiger partial charge in [-0.2, -0.15) is 5.10 Å². The second-order valence-corrected chi connectivity index (χ2v) is 4.44. The van der Waals surface area contributed by atoms with Crippen LogP contribution in [0.5, 0.6) is 5.88 Å². The fraction of sp³-hybridized carbons (Fsp3) is 0.769. The minimum atomic E-state index is 0.689. The summed E-state index contributed by atoms with van der Waals surface area (Å²) < 4.78 is 7.64. The lowest BCUT2D eigenvalue weighted by atomic mass is 10.2. The van der Waals surface area contributed by atoms with Gasteiger partial charge in [-0.1, -0.05) is 33.1 Å². The predicted molar refractivity (Wildman–Crippen MR) is 71.3 cm³/mol. The van der Waals surface area contributed by atoms with E-state index >= 15 is 0 Å². The van der Waals surface area contributed by atoms with Crippen LogP contribution in [0.2, 0.25) is 0 Å². The van der Waals surface area contributed by atoms with Crippen LogP contribution in [0.15, 0.2) is 0 Å². The monoisotopic (exact) mass is 239 g/mol. The van der Waals surface area contributed by atoms with Crippen molar-refractivity contribution < 1.29 is 4.74 Å². The number of nitrogen functional groups attached to an aromatic ring is 1. The Balaban J connectivity index is 2.50. The van der Waals surface area contributed by atoms with E-state index in [2.05, 4.69) is 18.9 Å². The van der Waals surface area contributed by atoms with E-state index in [0.717, 1.165) is 37.6 Å². The van der Waals surface area contributed by atoms with E-state index in [0.29, 0.717) is 5.69 Å². The lowest BCUT2D eigenvalue weighted by Crippen LogP contribution is -2.07. The van der Waals surface area contributed by atoms with Crippen LogP contribution in [-0.4, -0.2) is 16.4 Å². The molecule has 0 spiro atoms. The normalized spacial score (nSPS) is 10.8. The Hall–Kier alpha value is -1.19. The van der Waals surface area contributed by atoms with Crippen molar-refractivity contribution in [2.45, 2.75) is 59.4 Å². The number of ether oxygens (including phenoxy) is 1. The fourth-order valence-corrected chi connectivity index (χ4v) is 1.79. The number of hydrogen-bond donors (Lipinski definition) is 1. The molecule has 1 aromatic rings. The molecule has 0 amide bonds. The standard InChI is InChI=1S/C13H25N3O/c1-4-6-7-8-10-17-13-12(14)11(3)15-16(13)9-5-2/h4-10,14H2,1-3H3. The number of anilines is 1. The van der Waals surface area contributed by atoms with Crippen molar-refractivity contribution in [3.05, 3.63) is 5.69 Å². The first-order valence-corrected chi connectivity index (χ1v) is 6.66. The molecule has 0 saturated carbocycles. The van der Waals surface area contributed by atoms with Crippen molar-refractivity contribution in [3.8, 4) is 5.88 Å². The topological polar surface area (TPSA) is 53.1 Å². The van der Waals surface area contributed by atoms with E-state index in [4.69, 9.17) is 10.5 Å². The zero-order chi connectivity index (χ0) is 12.7. The molecule has 0 aromatic carbocycles. The van der Waals surface area contributed by atoms with Gasteiger partial charge in [0.2, 0.25) is 5.88 Å². The maximum atomic E-state index is 5.97. The summed E-state index contributed by atoms with van der Waals surface area (Å²) in [4.78, 5) is 0. The molecule has 1 aromatic heterocycles. The molecule has 0 aliphatic carbocycles. The van der Waals surface area contributed by atoms with Crippen LogP contribution in [-0.2, 0) is 6.54 Å². The van der Waals surface area contributed by atoms with Gasteiger partial charge in [0.1, 0.15) is 5.69 Å². The van der Waals surface area contributed by atoms with Crippen LogP contribution in [0.4, 0.5) is 5.69 Å².